The molecule has 4 rings (SSSR count). The lowest BCUT2D eigenvalue weighted by Gasteiger charge is -2.32. The molecule has 1 N–H and O–H groups in total. The van der Waals surface area contributed by atoms with Gasteiger partial charge in [0, 0.05) is 18.8 Å². The Balaban J connectivity index is 1.38. The minimum Gasteiger partial charge on any atom is -0.379 e. The summed E-state index contributed by atoms with van der Waals surface area (Å²) in [7, 11) is 0. The van der Waals surface area contributed by atoms with Gasteiger partial charge in [-0.25, -0.2) is 0 Å². The minimum atomic E-state index is -0.118. The first-order valence-corrected chi connectivity index (χ1v) is 9.02. The van der Waals surface area contributed by atoms with E-state index in [4.69, 9.17) is 9.47 Å². The van der Waals surface area contributed by atoms with Crippen LogP contribution in [0.25, 0.3) is 0 Å². The molecule has 5 heteroatoms. The summed E-state index contributed by atoms with van der Waals surface area (Å²) in [6.45, 7) is 1.72. The van der Waals surface area contributed by atoms with Crippen LogP contribution in [0.4, 0.5) is 0 Å². The van der Waals surface area contributed by atoms with Crippen LogP contribution in [0.5, 0.6) is 0 Å². The van der Waals surface area contributed by atoms with Gasteiger partial charge in [0.1, 0.15) is 5.69 Å². The van der Waals surface area contributed by atoms with Gasteiger partial charge in [-0.3, -0.25) is 4.79 Å². The number of hydrogen-bond donors (Lipinski definition) is 1. The van der Waals surface area contributed by atoms with Crippen molar-refractivity contribution in [3.05, 3.63) is 59.9 Å². The SMILES string of the molecule is O=C(N[C@@H]1COCC[C@@H]1OCc1ccccc1)c1cccn1C1CC1. The third-order valence-electron chi connectivity index (χ3n) is 4.87. The van der Waals surface area contributed by atoms with E-state index in [2.05, 4.69) is 22.0 Å². The summed E-state index contributed by atoms with van der Waals surface area (Å²) in [5, 5.41) is 3.12. The second-order valence-electron chi connectivity index (χ2n) is 6.81. The Bertz CT molecular complexity index is 709. The zero-order valence-electron chi connectivity index (χ0n) is 14.3. The van der Waals surface area contributed by atoms with Crippen molar-refractivity contribution in [2.24, 2.45) is 0 Å². The fourth-order valence-corrected chi connectivity index (χ4v) is 3.33. The largest absolute Gasteiger partial charge is 0.379 e. The predicted molar refractivity (Wildman–Crippen MR) is 94.4 cm³/mol. The summed E-state index contributed by atoms with van der Waals surface area (Å²) in [6.07, 6.45) is 5.07. The highest BCUT2D eigenvalue weighted by Gasteiger charge is 2.31. The van der Waals surface area contributed by atoms with Crippen molar-refractivity contribution in [2.45, 2.75) is 44.1 Å². The van der Waals surface area contributed by atoms with E-state index in [1.165, 1.54) is 0 Å². The topological polar surface area (TPSA) is 52.5 Å². The molecule has 0 radical (unpaired) electrons. The Morgan fingerprint density at radius 2 is 2.00 bits per heavy atom. The van der Waals surface area contributed by atoms with Crippen molar-refractivity contribution in [1.82, 2.24) is 9.88 Å². The van der Waals surface area contributed by atoms with Gasteiger partial charge in [-0.1, -0.05) is 30.3 Å². The van der Waals surface area contributed by atoms with Gasteiger partial charge in [0.25, 0.3) is 5.91 Å². The summed E-state index contributed by atoms with van der Waals surface area (Å²) in [5.74, 6) is -0.0410. The van der Waals surface area contributed by atoms with Crippen LogP contribution >= 0.6 is 0 Å². The number of carbonyl (C=O) groups excluding carboxylic acids is 1. The number of aromatic nitrogens is 1. The molecule has 2 aliphatic rings. The minimum absolute atomic E-state index is 0.0257. The zero-order valence-corrected chi connectivity index (χ0v) is 14.3. The monoisotopic (exact) mass is 340 g/mol. The molecule has 1 aliphatic heterocycles. The van der Waals surface area contributed by atoms with Crippen molar-refractivity contribution in [3.63, 3.8) is 0 Å². The lowest BCUT2D eigenvalue weighted by atomic mass is 10.1. The van der Waals surface area contributed by atoms with E-state index in [1.807, 2.05) is 36.5 Å². The molecule has 25 heavy (non-hydrogen) atoms. The number of ether oxygens (including phenoxy) is 2. The first kappa shape index (κ1) is 16.4. The second kappa shape index (κ2) is 7.42. The molecule has 1 aromatic carbocycles. The summed E-state index contributed by atoms with van der Waals surface area (Å²) in [5.41, 5.74) is 1.87. The number of benzene rings is 1. The standard InChI is InChI=1S/C20H24N2O3/c23-20(18-7-4-11-22(18)16-8-9-16)21-17-14-24-12-10-19(17)25-13-15-5-2-1-3-6-15/h1-7,11,16-17,19H,8-10,12-14H2,(H,21,23)/t17-,19+/m1/s1. The number of hydrogen-bond acceptors (Lipinski definition) is 3. The maximum atomic E-state index is 12.7. The normalized spacial score (nSPS) is 23.4. The van der Waals surface area contributed by atoms with Crippen LogP contribution in [-0.4, -0.2) is 35.8 Å². The molecule has 1 aromatic heterocycles. The smallest absolute Gasteiger partial charge is 0.268 e. The van der Waals surface area contributed by atoms with Crippen LogP contribution in [-0.2, 0) is 16.1 Å². The van der Waals surface area contributed by atoms with E-state index < -0.39 is 0 Å². The highest BCUT2D eigenvalue weighted by Crippen LogP contribution is 2.36. The summed E-state index contributed by atoms with van der Waals surface area (Å²) < 4.78 is 13.7. The Labute approximate surface area is 147 Å². The maximum absolute atomic E-state index is 12.7. The van der Waals surface area contributed by atoms with Crippen LogP contribution in [0.3, 0.4) is 0 Å². The summed E-state index contributed by atoms with van der Waals surface area (Å²) >= 11 is 0. The van der Waals surface area contributed by atoms with Gasteiger partial charge in [0.15, 0.2) is 0 Å². The Kier molecular flexibility index (Phi) is 4.85. The number of nitrogens with one attached hydrogen (secondary N) is 1. The molecule has 0 bridgehead atoms. The van der Waals surface area contributed by atoms with Crippen molar-refractivity contribution < 1.29 is 14.3 Å². The van der Waals surface area contributed by atoms with E-state index in [-0.39, 0.29) is 18.1 Å². The van der Waals surface area contributed by atoms with Gasteiger partial charge in [-0.05, 0) is 37.0 Å². The average molecular weight is 340 g/mol. The van der Waals surface area contributed by atoms with Crippen molar-refractivity contribution >= 4 is 5.91 Å². The summed E-state index contributed by atoms with van der Waals surface area (Å²) in [4.78, 5) is 12.7. The van der Waals surface area contributed by atoms with Gasteiger partial charge < -0.3 is 19.4 Å². The highest BCUT2D eigenvalue weighted by atomic mass is 16.5. The molecule has 1 saturated heterocycles. The van der Waals surface area contributed by atoms with Crippen LogP contribution < -0.4 is 5.32 Å². The molecule has 2 aromatic rings. The maximum Gasteiger partial charge on any atom is 0.268 e. The number of rotatable bonds is 6. The van der Waals surface area contributed by atoms with Gasteiger partial charge in [0.2, 0.25) is 0 Å². The summed E-state index contributed by atoms with van der Waals surface area (Å²) in [6, 6.07) is 14.3. The molecule has 2 fully saturated rings. The molecular formula is C20H24N2O3. The molecule has 132 valence electrons. The molecule has 2 atom stereocenters. The number of nitrogens with zero attached hydrogens (tertiary/aromatic N) is 1. The van der Waals surface area contributed by atoms with E-state index in [9.17, 15) is 4.79 Å². The molecule has 2 heterocycles. The van der Waals surface area contributed by atoms with Gasteiger partial charge in [0.05, 0.1) is 25.4 Å². The first-order valence-electron chi connectivity index (χ1n) is 9.02. The number of amides is 1. The molecule has 5 nitrogen and oxygen atoms in total. The van der Waals surface area contributed by atoms with Crippen LogP contribution in [0.15, 0.2) is 48.7 Å². The van der Waals surface area contributed by atoms with E-state index in [0.717, 1.165) is 30.5 Å². The van der Waals surface area contributed by atoms with Crippen molar-refractivity contribution in [1.29, 1.82) is 0 Å². The second-order valence-corrected chi connectivity index (χ2v) is 6.81. The molecule has 0 spiro atoms. The Morgan fingerprint density at radius 1 is 1.16 bits per heavy atom. The third kappa shape index (κ3) is 3.94. The van der Waals surface area contributed by atoms with Crippen molar-refractivity contribution in [3.8, 4) is 0 Å². The molecular weight excluding hydrogens is 316 g/mol. The Morgan fingerprint density at radius 3 is 2.80 bits per heavy atom. The fourth-order valence-electron chi connectivity index (χ4n) is 3.33. The molecule has 1 aliphatic carbocycles. The predicted octanol–water partition coefficient (Wildman–Crippen LogP) is 2.93. The first-order chi connectivity index (χ1) is 12.3. The highest BCUT2D eigenvalue weighted by molar-refractivity contribution is 5.93. The lowest BCUT2D eigenvalue weighted by molar-refractivity contribution is -0.0605. The zero-order chi connectivity index (χ0) is 17.1. The third-order valence-corrected chi connectivity index (χ3v) is 4.87. The van der Waals surface area contributed by atoms with Crippen LogP contribution in [0.2, 0.25) is 0 Å². The quantitative estimate of drug-likeness (QED) is 0.880. The van der Waals surface area contributed by atoms with E-state index in [0.29, 0.717) is 25.9 Å². The molecule has 1 saturated carbocycles. The molecule has 1 amide bonds. The van der Waals surface area contributed by atoms with Gasteiger partial charge in [-0.2, -0.15) is 0 Å². The number of carbonyl (C=O) groups is 1. The van der Waals surface area contributed by atoms with Gasteiger partial charge in [-0.15, -0.1) is 0 Å². The van der Waals surface area contributed by atoms with Crippen LogP contribution in [0.1, 0.15) is 41.4 Å². The molecule has 0 unspecified atom stereocenters. The lowest BCUT2D eigenvalue weighted by Crippen LogP contribution is -2.50. The fraction of sp³-hybridized carbons (Fsp3) is 0.450. The average Bonchev–Trinajstić information content (AvgIpc) is 3.38. The van der Waals surface area contributed by atoms with E-state index >= 15 is 0 Å². The van der Waals surface area contributed by atoms with Crippen molar-refractivity contribution in [2.75, 3.05) is 13.2 Å². The van der Waals surface area contributed by atoms with Gasteiger partial charge >= 0.3 is 0 Å². The van der Waals surface area contributed by atoms with E-state index in [1.54, 1.807) is 0 Å². The van der Waals surface area contributed by atoms with Crippen LogP contribution in [0, 0.1) is 0 Å². The Hall–Kier alpha value is -2.11.